The van der Waals surface area contributed by atoms with Crippen molar-refractivity contribution in [2.24, 2.45) is 0 Å². The number of benzene rings is 2. The normalized spacial score (nSPS) is 14.3. The van der Waals surface area contributed by atoms with Crippen LogP contribution in [-0.2, 0) is 4.74 Å². The number of aryl methyl sites for hydroxylation is 1. The van der Waals surface area contributed by atoms with Crippen LogP contribution >= 0.6 is 11.3 Å². The maximum absolute atomic E-state index is 13.4. The van der Waals surface area contributed by atoms with Crippen LogP contribution in [0.4, 0.5) is 5.13 Å². The molecule has 0 atom stereocenters. The molecule has 1 amide bonds. The summed E-state index contributed by atoms with van der Waals surface area (Å²) in [6.07, 6.45) is 0.884. The summed E-state index contributed by atoms with van der Waals surface area (Å²) in [5.74, 6) is 0.797. The van der Waals surface area contributed by atoms with E-state index in [-0.39, 0.29) is 5.91 Å². The number of carbonyl (C=O) groups excluding carboxylic acids is 1. The number of amides is 1. The molecule has 0 aliphatic carbocycles. The van der Waals surface area contributed by atoms with E-state index in [9.17, 15) is 4.79 Å². The number of thiazole rings is 1. The molecule has 1 aromatic heterocycles. The Morgan fingerprint density at radius 3 is 2.53 bits per heavy atom. The molecule has 2 aromatic carbocycles. The molecule has 1 fully saturated rings. The van der Waals surface area contributed by atoms with Crippen LogP contribution in [0.25, 0.3) is 11.3 Å². The summed E-state index contributed by atoms with van der Waals surface area (Å²) in [5, 5.41) is 2.73. The second-order valence-corrected chi connectivity index (χ2v) is 8.71. The van der Waals surface area contributed by atoms with E-state index in [2.05, 4.69) is 4.90 Å². The average Bonchev–Trinajstić information content (AvgIpc) is 3.32. The van der Waals surface area contributed by atoms with Crippen molar-refractivity contribution >= 4 is 22.4 Å². The second-order valence-electron chi connectivity index (χ2n) is 7.87. The van der Waals surface area contributed by atoms with E-state index in [0.29, 0.717) is 12.1 Å². The fourth-order valence-corrected chi connectivity index (χ4v) is 4.55. The van der Waals surface area contributed by atoms with Gasteiger partial charge < -0.3 is 9.47 Å². The Hall–Kier alpha value is -2.74. The lowest BCUT2D eigenvalue weighted by molar-refractivity contribution is 0.0376. The number of anilines is 1. The van der Waals surface area contributed by atoms with Gasteiger partial charge in [0.05, 0.1) is 26.0 Å². The molecule has 1 aliphatic heterocycles. The first-order valence-electron chi connectivity index (χ1n) is 10.9. The van der Waals surface area contributed by atoms with Crippen LogP contribution in [0.2, 0.25) is 0 Å². The molecular weight excluding hydrogens is 422 g/mol. The number of aromatic nitrogens is 1. The zero-order chi connectivity index (χ0) is 22.3. The Kier molecular flexibility index (Phi) is 7.52. The second kappa shape index (κ2) is 10.7. The van der Waals surface area contributed by atoms with Gasteiger partial charge in [0.1, 0.15) is 5.75 Å². The maximum Gasteiger partial charge on any atom is 0.260 e. The predicted molar refractivity (Wildman–Crippen MR) is 129 cm³/mol. The van der Waals surface area contributed by atoms with E-state index in [1.807, 2.05) is 65.7 Å². The van der Waals surface area contributed by atoms with Gasteiger partial charge in [-0.05, 0) is 49.7 Å². The fourth-order valence-electron chi connectivity index (χ4n) is 3.70. The molecule has 4 rings (SSSR count). The van der Waals surface area contributed by atoms with Crippen molar-refractivity contribution in [1.29, 1.82) is 0 Å². The molecule has 7 heteroatoms. The summed E-state index contributed by atoms with van der Waals surface area (Å²) >= 11 is 1.50. The Morgan fingerprint density at radius 2 is 1.84 bits per heavy atom. The zero-order valence-electron chi connectivity index (χ0n) is 18.6. The van der Waals surface area contributed by atoms with E-state index in [1.165, 1.54) is 11.3 Å². The minimum atomic E-state index is -0.0115. The lowest BCUT2D eigenvalue weighted by atomic mass is 10.1. The van der Waals surface area contributed by atoms with Crippen LogP contribution < -0.4 is 9.64 Å². The van der Waals surface area contributed by atoms with Crippen LogP contribution in [0.5, 0.6) is 5.75 Å². The maximum atomic E-state index is 13.4. The van der Waals surface area contributed by atoms with E-state index in [1.54, 1.807) is 7.11 Å². The number of methoxy groups -OCH3 is 1. The van der Waals surface area contributed by atoms with Gasteiger partial charge in [-0.25, -0.2) is 4.98 Å². The highest BCUT2D eigenvalue weighted by Gasteiger charge is 2.21. The number of nitrogens with zero attached hydrogens (tertiary/aromatic N) is 3. The van der Waals surface area contributed by atoms with E-state index in [4.69, 9.17) is 14.5 Å². The van der Waals surface area contributed by atoms with Gasteiger partial charge in [-0.15, -0.1) is 11.3 Å². The van der Waals surface area contributed by atoms with Crippen molar-refractivity contribution in [3.05, 3.63) is 65.0 Å². The molecule has 6 nitrogen and oxygen atoms in total. The molecule has 0 spiro atoms. The van der Waals surface area contributed by atoms with Gasteiger partial charge in [-0.1, -0.05) is 17.7 Å². The van der Waals surface area contributed by atoms with Crippen molar-refractivity contribution in [3.8, 4) is 17.0 Å². The standard InChI is InChI=1S/C25H29N3O3S/c1-19-4-6-21(7-5-19)24(29)28(13-3-12-27-14-16-31-17-15-27)25-26-23(18-32-25)20-8-10-22(30-2)11-9-20/h4-11,18H,3,12-17H2,1-2H3. The first kappa shape index (κ1) is 22.5. The van der Waals surface area contributed by atoms with E-state index < -0.39 is 0 Å². The molecule has 3 aromatic rings. The smallest absolute Gasteiger partial charge is 0.260 e. The van der Waals surface area contributed by atoms with E-state index in [0.717, 1.165) is 67.0 Å². The molecule has 0 bridgehead atoms. The summed E-state index contributed by atoms with van der Waals surface area (Å²) < 4.78 is 10.7. The highest BCUT2D eigenvalue weighted by atomic mass is 32.1. The number of ether oxygens (including phenoxy) is 2. The Morgan fingerprint density at radius 1 is 1.12 bits per heavy atom. The summed E-state index contributed by atoms with van der Waals surface area (Å²) in [6, 6.07) is 15.6. The number of hydrogen-bond acceptors (Lipinski definition) is 6. The fraction of sp³-hybridized carbons (Fsp3) is 0.360. The van der Waals surface area contributed by atoms with Gasteiger partial charge in [0.2, 0.25) is 0 Å². The van der Waals surface area contributed by atoms with E-state index >= 15 is 0 Å². The Balaban J connectivity index is 1.52. The topological polar surface area (TPSA) is 54.9 Å². The zero-order valence-corrected chi connectivity index (χ0v) is 19.4. The van der Waals surface area contributed by atoms with Crippen molar-refractivity contribution < 1.29 is 14.3 Å². The third-order valence-corrected chi connectivity index (χ3v) is 6.48. The largest absolute Gasteiger partial charge is 0.497 e. The minimum absolute atomic E-state index is 0.0115. The van der Waals surface area contributed by atoms with Gasteiger partial charge in [0.25, 0.3) is 5.91 Å². The van der Waals surface area contributed by atoms with Gasteiger partial charge >= 0.3 is 0 Å². The summed E-state index contributed by atoms with van der Waals surface area (Å²) in [5.41, 5.74) is 3.69. The molecule has 168 valence electrons. The third-order valence-electron chi connectivity index (χ3n) is 5.61. The minimum Gasteiger partial charge on any atom is -0.497 e. The first-order valence-corrected chi connectivity index (χ1v) is 11.8. The molecule has 0 N–H and O–H groups in total. The summed E-state index contributed by atoms with van der Waals surface area (Å²) in [7, 11) is 1.65. The molecular formula is C25H29N3O3S. The van der Waals surface area contributed by atoms with Crippen molar-refractivity contribution in [1.82, 2.24) is 9.88 Å². The van der Waals surface area contributed by atoms with Gasteiger partial charge in [-0.3, -0.25) is 14.6 Å². The predicted octanol–water partition coefficient (Wildman–Crippen LogP) is 4.50. The number of rotatable bonds is 8. The van der Waals surface area contributed by atoms with Crippen LogP contribution in [0.1, 0.15) is 22.3 Å². The highest BCUT2D eigenvalue weighted by Crippen LogP contribution is 2.29. The Labute approximate surface area is 193 Å². The average molecular weight is 452 g/mol. The molecule has 32 heavy (non-hydrogen) atoms. The monoisotopic (exact) mass is 451 g/mol. The lowest BCUT2D eigenvalue weighted by Gasteiger charge is -2.27. The molecule has 0 unspecified atom stereocenters. The SMILES string of the molecule is COc1ccc(-c2csc(N(CCCN3CCOCC3)C(=O)c3ccc(C)cc3)n2)cc1. The number of morpholine rings is 1. The van der Waals surface area contributed by atoms with Crippen molar-refractivity contribution in [3.63, 3.8) is 0 Å². The van der Waals surface area contributed by atoms with Gasteiger partial charge in [0, 0.05) is 42.7 Å². The third kappa shape index (κ3) is 5.54. The molecule has 0 saturated carbocycles. The molecule has 0 radical (unpaired) electrons. The quantitative estimate of drug-likeness (QED) is 0.505. The highest BCUT2D eigenvalue weighted by molar-refractivity contribution is 7.14. The van der Waals surface area contributed by atoms with Crippen LogP contribution in [0.15, 0.2) is 53.9 Å². The summed E-state index contributed by atoms with van der Waals surface area (Å²) in [6.45, 7) is 7.05. The van der Waals surface area contributed by atoms with Gasteiger partial charge in [-0.2, -0.15) is 0 Å². The lowest BCUT2D eigenvalue weighted by Crippen LogP contribution is -2.39. The van der Waals surface area contributed by atoms with Crippen LogP contribution in [0, 0.1) is 6.92 Å². The summed E-state index contributed by atoms with van der Waals surface area (Å²) in [4.78, 5) is 22.4. The van der Waals surface area contributed by atoms with Gasteiger partial charge in [0.15, 0.2) is 5.13 Å². The molecule has 1 saturated heterocycles. The molecule has 2 heterocycles. The van der Waals surface area contributed by atoms with Crippen LogP contribution in [-0.4, -0.2) is 62.3 Å². The van der Waals surface area contributed by atoms with Crippen molar-refractivity contribution in [2.75, 3.05) is 51.4 Å². The Bertz CT molecular complexity index is 1010. The van der Waals surface area contributed by atoms with Crippen LogP contribution in [0.3, 0.4) is 0 Å². The molecule has 1 aliphatic rings. The number of hydrogen-bond donors (Lipinski definition) is 0. The number of carbonyl (C=O) groups is 1. The first-order chi connectivity index (χ1) is 15.6. The van der Waals surface area contributed by atoms with Crippen molar-refractivity contribution in [2.45, 2.75) is 13.3 Å².